The molecule has 0 atom stereocenters. The van der Waals surface area contributed by atoms with Gasteiger partial charge in [-0.1, -0.05) is 117 Å². The number of hydrogen-bond donors (Lipinski definition) is 6. The molecule has 24 heteroatoms. The number of sulfonamides is 4. The van der Waals surface area contributed by atoms with Crippen LogP contribution < -0.4 is 18.9 Å². The van der Waals surface area contributed by atoms with Crippen LogP contribution >= 0.6 is 0 Å². The average molecular weight is 1360 g/mol. The van der Waals surface area contributed by atoms with Gasteiger partial charge < -0.3 is 29.6 Å². The molecule has 3 aromatic heterocycles. The van der Waals surface area contributed by atoms with Gasteiger partial charge in [0.25, 0.3) is 0 Å². The maximum absolute atomic E-state index is 13.9. The molecule has 506 valence electrons. The highest BCUT2D eigenvalue weighted by atomic mass is 32.2. The lowest BCUT2D eigenvalue weighted by Crippen LogP contribution is -2.35. The fourth-order valence-electron chi connectivity index (χ4n) is 11.1. The van der Waals surface area contributed by atoms with E-state index in [0.29, 0.717) is 98.8 Å². The number of aromatic nitrogens is 4. The van der Waals surface area contributed by atoms with Crippen molar-refractivity contribution in [1.29, 1.82) is 0 Å². The number of nitrogens with one attached hydrogen (secondary N) is 6. The lowest BCUT2D eigenvalue weighted by Gasteiger charge is -2.18. The van der Waals surface area contributed by atoms with Crippen molar-refractivity contribution in [1.82, 2.24) is 58.4 Å². The van der Waals surface area contributed by atoms with Crippen LogP contribution in [0.3, 0.4) is 0 Å². The third-order valence-electron chi connectivity index (χ3n) is 16.7. The fourth-order valence-corrected chi connectivity index (χ4v) is 15.3. The Labute approximate surface area is 558 Å². The van der Waals surface area contributed by atoms with Gasteiger partial charge in [0.1, 0.15) is 0 Å². The highest BCUT2D eigenvalue weighted by Gasteiger charge is 2.23. The van der Waals surface area contributed by atoms with Gasteiger partial charge in [-0.05, 0) is 173 Å². The molecule has 5 heterocycles. The first-order valence-electron chi connectivity index (χ1n) is 32.3. The number of benzene rings is 2. The molecule has 2 aromatic carbocycles. The summed E-state index contributed by atoms with van der Waals surface area (Å²) in [6, 6.07) is 21.0. The maximum Gasteiger partial charge on any atom is 0.240 e. The van der Waals surface area contributed by atoms with Crippen LogP contribution in [-0.4, -0.2) is 178 Å². The molecule has 94 heavy (non-hydrogen) atoms. The van der Waals surface area contributed by atoms with Crippen LogP contribution in [0.5, 0.6) is 0 Å². The Bertz CT molecular complexity index is 4080. The molecule has 20 nitrogen and oxygen atoms in total. The number of aromatic amines is 2. The van der Waals surface area contributed by atoms with Gasteiger partial charge in [0.2, 0.25) is 40.1 Å². The normalized spacial score (nSPS) is 13.5. The average Bonchev–Trinajstić information content (AvgIpc) is 1.62. The van der Waals surface area contributed by atoms with Gasteiger partial charge in [-0.3, -0.25) is 0 Å². The van der Waals surface area contributed by atoms with E-state index in [9.17, 15) is 33.7 Å². The van der Waals surface area contributed by atoms with Crippen molar-refractivity contribution in [3.63, 3.8) is 0 Å². The highest BCUT2D eigenvalue weighted by molar-refractivity contribution is 7.94. The molecule has 0 saturated carbocycles. The summed E-state index contributed by atoms with van der Waals surface area (Å²) in [6.45, 7) is 33.2. The first-order valence-corrected chi connectivity index (χ1v) is 38.3. The minimum absolute atomic E-state index is 0.0115. The van der Waals surface area contributed by atoms with Crippen molar-refractivity contribution >= 4 is 86.5 Å². The number of fused-ring (bicyclic) bond motifs is 8. The van der Waals surface area contributed by atoms with Crippen LogP contribution in [0.25, 0.3) is 68.6 Å². The number of hydrogen-bond acceptors (Lipinski definition) is 14. The van der Waals surface area contributed by atoms with Gasteiger partial charge in [0, 0.05) is 96.7 Å². The highest BCUT2D eigenvalue weighted by Crippen LogP contribution is 2.36. The molecule has 6 N–H and O–H groups in total. The summed E-state index contributed by atoms with van der Waals surface area (Å²) in [4.78, 5) is 26.8. The zero-order valence-corrected chi connectivity index (χ0v) is 58.8. The summed E-state index contributed by atoms with van der Waals surface area (Å²) in [6.07, 6.45) is 20.3. The van der Waals surface area contributed by atoms with Gasteiger partial charge in [0.05, 0.1) is 42.4 Å². The second-order valence-electron chi connectivity index (χ2n) is 22.3. The van der Waals surface area contributed by atoms with E-state index in [4.69, 9.17) is 9.97 Å². The number of likely N-dealkylation sites (N-methyl/N-ethyl adjacent to an activating group) is 4. The zero-order chi connectivity index (χ0) is 68.1. The predicted molar refractivity (Wildman–Crippen MR) is 387 cm³/mol. The Hall–Kier alpha value is -7.04. The van der Waals surface area contributed by atoms with Crippen LogP contribution in [0.15, 0.2) is 154 Å². The first kappa shape index (κ1) is 74.4. The van der Waals surface area contributed by atoms with E-state index in [1.54, 1.807) is 72.8 Å². The van der Waals surface area contributed by atoms with Crippen LogP contribution in [-0.2, 0) is 52.9 Å². The lowest BCUT2D eigenvalue weighted by atomic mass is 10.0. The molecule has 7 rings (SSSR count). The molecule has 0 fully saturated rings. The molecule has 0 unspecified atom stereocenters. The molecule has 8 bridgehead atoms. The van der Waals surface area contributed by atoms with Crippen LogP contribution in [0.1, 0.15) is 89.3 Å². The zero-order valence-electron chi connectivity index (χ0n) is 55.6. The third-order valence-corrected chi connectivity index (χ3v) is 22.6. The Balaban J connectivity index is 1.48. The molecule has 2 aliphatic rings. The number of allylic oxidation sites excluding steroid dienone is 8. The number of H-pyrrole nitrogens is 2. The van der Waals surface area contributed by atoms with Gasteiger partial charge in [-0.15, -0.1) is 0 Å². The number of rotatable bonds is 38. The van der Waals surface area contributed by atoms with E-state index in [1.165, 1.54) is 24.3 Å². The topological polar surface area (TPSA) is 255 Å². The minimum Gasteiger partial charge on any atom is -0.355 e. The van der Waals surface area contributed by atoms with E-state index < -0.39 is 40.1 Å². The smallest absolute Gasteiger partial charge is 0.240 e. The molecule has 2 aliphatic heterocycles. The monoisotopic (exact) mass is 1360 g/mol. The minimum atomic E-state index is -3.98. The maximum atomic E-state index is 13.9. The van der Waals surface area contributed by atoms with Crippen LogP contribution in [0.4, 0.5) is 0 Å². The molecule has 0 saturated heterocycles. The van der Waals surface area contributed by atoms with E-state index >= 15 is 0 Å². The summed E-state index contributed by atoms with van der Waals surface area (Å²) in [5.41, 5.74) is 8.59. The Kier molecular flexibility index (Phi) is 27.8. The standard InChI is InChI=1S/C70H94N12O8S4/c1-11-23-55(91(83,84)71-45-49-79(13-3)14-4)25-21-27-59-61-37-41-65(75-61)69(53-29-33-57(34-30-53)93(87,88)73-47-51-81(17-7)18-8)67-43-39-63(77-67)60(28-22-26-56(24-12-2)92(85,86)72-46-50-80(15-5)16-6)64-40-44-68(78-64)70(66-42-38-62(59)76-66)54-31-35-58(36-32-54)94(89,90)74-48-52-82(19-9)20-10/h11-12,21-26,29-44,71-76H,1-2,13-20,27-28,45-52H2,3-10H3/b25-21-,26-22-,55-23+,56-24+,61-59?,62-59?,63-60?,64-60?,69-65?,69-67?,70-66?,70-68?. The Morgan fingerprint density at radius 1 is 0.415 bits per heavy atom. The van der Waals surface area contributed by atoms with E-state index in [2.05, 4.69) is 61.6 Å². The van der Waals surface area contributed by atoms with Crippen LogP contribution in [0.2, 0.25) is 0 Å². The molecule has 0 radical (unpaired) electrons. The van der Waals surface area contributed by atoms with Gasteiger partial charge >= 0.3 is 0 Å². The van der Waals surface area contributed by atoms with Gasteiger partial charge in [-0.2, -0.15) is 0 Å². The Morgan fingerprint density at radius 2 is 0.723 bits per heavy atom. The summed E-state index contributed by atoms with van der Waals surface area (Å²) in [5, 5.41) is 0. The summed E-state index contributed by atoms with van der Waals surface area (Å²) < 4.78 is 122. The predicted octanol–water partition coefficient (Wildman–Crippen LogP) is 10.1. The van der Waals surface area contributed by atoms with Crippen molar-refractivity contribution in [3.8, 4) is 22.3 Å². The first-order chi connectivity index (χ1) is 45.1. The largest absolute Gasteiger partial charge is 0.355 e. The lowest BCUT2D eigenvalue weighted by molar-refractivity contribution is 0.309. The second-order valence-corrected chi connectivity index (χ2v) is 29.3. The molecule has 0 spiro atoms. The van der Waals surface area contributed by atoms with Gasteiger partial charge in [0.15, 0.2) is 0 Å². The van der Waals surface area contributed by atoms with Crippen molar-refractivity contribution in [2.45, 2.75) is 78.0 Å². The molecular weight excluding hydrogens is 1270 g/mol. The molecule has 0 amide bonds. The fraction of sp³-hybridized carbons (Fsp3) is 0.371. The Morgan fingerprint density at radius 3 is 1.05 bits per heavy atom. The number of nitrogens with zero attached hydrogens (tertiary/aromatic N) is 6. The van der Waals surface area contributed by atoms with Crippen molar-refractivity contribution < 1.29 is 33.7 Å². The van der Waals surface area contributed by atoms with E-state index in [0.717, 1.165) is 57.9 Å². The van der Waals surface area contributed by atoms with Crippen molar-refractivity contribution in [2.75, 3.05) is 105 Å². The summed E-state index contributed by atoms with van der Waals surface area (Å²) >= 11 is 0. The second kappa shape index (κ2) is 35.1. The van der Waals surface area contributed by atoms with Gasteiger partial charge in [-0.25, -0.2) is 62.5 Å². The SMILES string of the molecule is C=C/C=C(\C=C/Cc1c2nc(c(-c3ccc(S(=O)(=O)NCCN(CC)CC)cc3)c3ccc([nH]3)c(C/C=C\C(=C/C=C)S(=O)(=O)NCCN(CC)CC)c3ccc([nH]3)c(-c3ccc(S(=O)(=O)NCCN(CC)CC)cc3)c3nc1C=C3)C=C2)S(=O)(=O)NCCN(CC)CC. The van der Waals surface area contributed by atoms with E-state index in [1.807, 2.05) is 104 Å². The van der Waals surface area contributed by atoms with E-state index in [-0.39, 0.29) is 58.6 Å². The van der Waals surface area contributed by atoms with Crippen LogP contribution in [0, 0.1) is 0 Å². The molecule has 0 aliphatic carbocycles. The molecular formula is C70H94N12O8S4. The quantitative estimate of drug-likeness (QED) is 0.0197. The third kappa shape index (κ3) is 19.6. The van der Waals surface area contributed by atoms with Crippen molar-refractivity contribution in [2.24, 2.45) is 0 Å². The van der Waals surface area contributed by atoms with Crippen molar-refractivity contribution in [3.05, 3.63) is 178 Å². The summed E-state index contributed by atoms with van der Waals surface area (Å²) in [7, 11) is -15.7. The summed E-state index contributed by atoms with van der Waals surface area (Å²) in [5.74, 6) is 0. The molecule has 5 aromatic rings.